The molecule has 0 atom stereocenters. The molecule has 0 heterocycles. The lowest BCUT2D eigenvalue weighted by atomic mass is 10.1. The second-order valence-electron chi connectivity index (χ2n) is 2.38. The maximum atomic E-state index is 5.45. The molecule has 0 aromatic carbocycles. The molecule has 55 valence electrons. The van der Waals surface area contributed by atoms with Crippen molar-refractivity contribution in [2.75, 3.05) is 0 Å². The molecule has 0 aromatic rings. The lowest BCUT2D eigenvalue weighted by Crippen LogP contribution is -2.04. The summed E-state index contributed by atoms with van der Waals surface area (Å²) in [6.07, 6.45) is 2.53. The normalized spacial score (nSPS) is 12.7. The lowest BCUT2D eigenvalue weighted by molar-refractivity contribution is 0.632. The molecular formula is C6H10Cl3. The summed E-state index contributed by atoms with van der Waals surface area (Å²) in [6, 6.07) is 0. The van der Waals surface area contributed by atoms with Gasteiger partial charge in [-0.1, -0.05) is 48.7 Å². The van der Waals surface area contributed by atoms with Crippen molar-refractivity contribution in [2.24, 2.45) is 5.92 Å². The zero-order chi connectivity index (χ0) is 7.49. The Balaban J connectivity index is 3.28. The number of hydrogen-bond acceptors (Lipinski definition) is 0. The molecule has 0 bridgehead atoms. The Morgan fingerprint density at radius 1 is 1.33 bits per heavy atom. The Morgan fingerprint density at radius 2 is 1.78 bits per heavy atom. The summed E-state index contributed by atoms with van der Waals surface area (Å²) < 4.78 is -1.18. The van der Waals surface area contributed by atoms with Gasteiger partial charge in [-0.3, -0.25) is 0 Å². The molecule has 0 amide bonds. The predicted molar refractivity (Wildman–Crippen MR) is 44.0 cm³/mol. The van der Waals surface area contributed by atoms with Crippen molar-refractivity contribution in [1.29, 1.82) is 0 Å². The van der Waals surface area contributed by atoms with Gasteiger partial charge in [0.1, 0.15) is 0 Å². The van der Waals surface area contributed by atoms with Crippen LogP contribution in [0, 0.1) is 12.3 Å². The van der Waals surface area contributed by atoms with Gasteiger partial charge in [-0.05, 0) is 12.3 Å². The van der Waals surface area contributed by atoms with Gasteiger partial charge in [0.05, 0.1) is 0 Å². The maximum absolute atomic E-state index is 5.45. The Kier molecular flexibility index (Phi) is 4.28. The van der Waals surface area contributed by atoms with Gasteiger partial charge in [0, 0.05) is 6.42 Å². The molecule has 0 nitrogen and oxygen atoms in total. The van der Waals surface area contributed by atoms with Crippen LogP contribution in [0.3, 0.4) is 0 Å². The van der Waals surface area contributed by atoms with E-state index in [-0.39, 0.29) is 0 Å². The summed E-state index contributed by atoms with van der Waals surface area (Å²) >= 11 is 16.4. The van der Waals surface area contributed by atoms with E-state index in [0.717, 1.165) is 6.42 Å². The van der Waals surface area contributed by atoms with Crippen LogP contribution in [-0.2, 0) is 0 Å². The fourth-order valence-corrected chi connectivity index (χ4v) is 0.637. The zero-order valence-corrected chi connectivity index (χ0v) is 7.76. The molecular weight excluding hydrogens is 178 g/mol. The highest BCUT2D eigenvalue weighted by molar-refractivity contribution is 6.68. The molecule has 0 aliphatic rings. The molecule has 0 saturated carbocycles. The van der Waals surface area contributed by atoms with E-state index in [1.807, 2.05) is 0 Å². The van der Waals surface area contributed by atoms with E-state index in [2.05, 4.69) is 13.8 Å². The van der Waals surface area contributed by atoms with Crippen molar-refractivity contribution < 1.29 is 0 Å². The number of hydrogen-bond donors (Lipinski definition) is 0. The van der Waals surface area contributed by atoms with E-state index in [1.54, 1.807) is 6.42 Å². The van der Waals surface area contributed by atoms with E-state index in [1.165, 1.54) is 0 Å². The SMILES string of the molecule is CC(C)C[CH]C(Cl)(Cl)Cl. The first-order chi connectivity index (χ1) is 3.92. The second-order valence-corrected chi connectivity index (χ2v) is 4.74. The van der Waals surface area contributed by atoms with Gasteiger partial charge in [-0.2, -0.15) is 0 Å². The van der Waals surface area contributed by atoms with E-state index in [4.69, 9.17) is 34.8 Å². The van der Waals surface area contributed by atoms with E-state index in [0.29, 0.717) is 5.92 Å². The molecule has 0 fully saturated rings. The van der Waals surface area contributed by atoms with Gasteiger partial charge >= 0.3 is 0 Å². The zero-order valence-electron chi connectivity index (χ0n) is 5.50. The minimum atomic E-state index is -1.18. The molecule has 9 heavy (non-hydrogen) atoms. The highest BCUT2D eigenvalue weighted by Crippen LogP contribution is 2.31. The summed E-state index contributed by atoms with van der Waals surface area (Å²) in [5.41, 5.74) is 0. The van der Waals surface area contributed by atoms with Crippen LogP contribution < -0.4 is 0 Å². The van der Waals surface area contributed by atoms with Gasteiger partial charge in [0.25, 0.3) is 0 Å². The van der Waals surface area contributed by atoms with Crippen molar-refractivity contribution in [2.45, 2.75) is 24.1 Å². The Bertz CT molecular complexity index is 72.9. The van der Waals surface area contributed by atoms with Crippen LogP contribution in [-0.4, -0.2) is 3.79 Å². The summed E-state index contributed by atoms with van der Waals surface area (Å²) in [5.74, 6) is 0.556. The average Bonchev–Trinajstić information content (AvgIpc) is 1.59. The Hall–Kier alpha value is 0.870. The summed E-state index contributed by atoms with van der Waals surface area (Å²) in [5, 5.41) is 0. The number of rotatable bonds is 2. The fourth-order valence-electron chi connectivity index (χ4n) is 0.369. The largest absolute Gasteiger partial charge is 0.193 e. The molecule has 0 N–H and O–H groups in total. The molecule has 3 heteroatoms. The van der Waals surface area contributed by atoms with Gasteiger partial charge in [0.2, 0.25) is 0 Å². The first-order valence-corrected chi connectivity index (χ1v) is 3.96. The lowest BCUT2D eigenvalue weighted by Gasteiger charge is -2.10. The van der Waals surface area contributed by atoms with Gasteiger partial charge in [-0.25, -0.2) is 0 Å². The standard InChI is InChI=1S/C6H10Cl3/c1-5(2)3-4-6(7,8)9/h4-5H,3H2,1-2H3. The van der Waals surface area contributed by atoms with Crippen LogP contribution >= 0.6 is 34.8 Å². The predicted octanol–water partition coefficient (Wildman–Crippen LogP) is 3.61. The van der Waals surface area contributed by atoms with Crippen molar-refractivity contribution in [3.05, 3.63) is 6.42 Å². The molecule has 0 spiro atoms. The minimum absolute atomic E-state index is 0.556. The van der Waals surface area contributed by atoms with Crippen LogP contribution in [0.25, 0.3) is 0 Å². The van der Waals surface area contributed by atoms with Crippen molar-refractivity contribution in [3.8, 4) is 0 Å². The van der Waals surface area contributed by atoms with Crippen LogP contribution in [0.4, 0.5) is 0 Å². The molecule has 0 rings (SSSR count). The van der Waals surface area contributed by atoms with Crippen LogP contribution in [0.2, 0.25) is 0 Å². The van der Waals surface area contributed by atoms with E-state index < -0.39 is 3.79 Å². The van der Waals surface area contributed by atoms with Gasteiger partial charge in [0.15, 0.2) is 3.79 Å². The molecule has 0 aliphatic heterocycles. The average molecular weight is 189 g/mol. The van der Waals surface area contributed by atoms with Crippen LogP contribution in [0.15, 0.2) is 0 Å². The van der Waals surface area contributed by atoms with E-state index in [9.17, 15) is 0 Å². The number of alkyl halides is 3. The van der Waals surface area contributed by atoms with Crippen molar-refractivity contribution in [3.63, 3.8) is 0 Å². The Labute approximate surface area is 71.5 Å². The molecule has 0 aromatic heterocycles. The highest BCUT2D eigenvalue weighted by atomic mass is 35.6. The molecule has 0 aliphatic carbocycles. The van der Waals surface area contributed by atoms with Gasteiger partial charge in [-0.15, -0.1) is 0 Å². The highest BCUT2D eigenvalue weighted by Gasteiger charge is 2.19. The van der Waals surface area contributed by atoms with E-state index >= 15 is 0 Å². The monoisotopic (exact) mass is 187 g/mol. The smallest absolute Gasteiger partial charge is 0.0834 e. The first kappa shape index (κ1) is 9.87. The summed E-state index contributed by atoms with van der Waals surface area (Å²) in [7, 11) is 0. The second kappa shape index (κ2) is 3.90. The molecule has 1 radical (unpaired) electrons. The van der Waals surface area contributed by atoms with Crippen molar-refractivity contribution >= 4 is 34.8 Å². The summed E-state index contributed by atoms with van der Waals surface area (Å²) in [4.78, 5) is 0. The topological polar surface area (TPSA) is 0 Å². The minimum Gasteiger partial charge on any atom is -0.0834 e. The third-order valence-corrected chi connectivity index (χ3v) is 1.28. The van der Waals surface area contributed by atoms with Crippen LogP contribution in [0.5, 0.6) is 0 Å². The quantitative estimate of drug-likeness (QED) is 0.581. The first-order valence-electron chi connectivity index (χ1n) is 2.83. The summed E-state index contributed by atoms with van der Waals surface area (Å²) in [6.45, 7) is 4.15. The van der Waals surface area contributed by atoms with Crippen molar-refractivity contribution in [1.82, 2.24) is 0 Å². The molecule has 0 unspecified atom stereocenters. The third-order valence-electron chi connectivity index (χ3n) is 0.821. The third kappa shape index (κ3) is 8.87. The number of halogens is 3. The maximum Gasteiger partial charge on any atom is 0.193 e. The molecule has 0 saturated heterocycles. The fraction of sp³-hybridized carbons (Fsp3) is 0.833. The van der Waals surface area contributed by atoms with Crippen LogP contribution in [0.1, 0.15) is 20.3 Å². The Morgan fingerprint density at radius 3 is 1.89 bits per heavy atom. The van der Waals surface area contributed by atoms with Gasteiger partial charge < -0.3 is 0 Å².